The summed E-state index contributed by atoms with van der Waals surface area (Å²) in [6, 6.07) is 0. The molecule has 1 unspecified atom stereocenters. The van der Waals surface area contributed by atoms with E-state index in [0.29, 0.717) is 6.61 Å². The van der Waals surface area contributed by atoms with Crippen molar-refractivity contribution in [1.29, 1.82) is 0 Å². The van der Waals surface area contributed by atoms with Crippen molar-refractivity contribution in [3.63, 3.8) is 0 Å². The summed E-state index contributed by atoms with van der Waals surface area (Å²) in [6.07, 6.45) is -0.124. The third kappa shape index (κ3) is 6.23. The van der Waals surface area contributed by atoms with E-state index in [4.69, 9.17) is 9.47 Å². The number of alkyl halides is 2. The van der Waals surface area contributed by atoms with Crippen molar-refractivity contribution >= 4 is 0 Å². The summed E-state index contributed by atoms with van der Waals surface area (Å²) in [5.74, 6) is -0.537. The van der Waals surface area contributed by atoms with E-state index >= 15 is 0 Å². The molecule has 0 radical (unpaired) electrons. The SMILES string of the molecule is CC1(C)OCC(COCF)O1.CCF. The minimum absolute atomic E-state index is 0.124. The minimum atomic E-state index is -0.764. The van der Waals surface area contributed by atoms with Crippen LogP contribution in [0.15, 0.2) is 0 Å². The molecule has 5 heteroatoms. The summed E-state index contributed by atoms with van der Waals surface area (Å²) in [4.78, 5) is 0. The van der Waals surface area contributed by atoms with E-state index in [1.165, 1.54) is 6.92 Å². The van der Waals surface area contributed by atoms with Gasteiger partial charge in [0, 0.05) is 0 Å². The first-order valence-corrected chi connectivity index (χ1v) is 4.57. The Bertz CT molecular complexity index is 142. The van der Waals surface area contributed by atoms with Gasteiger partial charge in [-0.3, -0.25) is 4.39 Å². The van der Waals surface area contributed by atoms with Gasteiger partial charge >= 0.3 is 0 Å². The molecule has 1 aliphatic rings. The fourth-order valence-corrected chi connectivity index (χ4v) is 1.02. The molecule has 86 valence electrons. The summed E-state index contributed by atoms with van der Waals surface area (Å²) in [7, 11) is 0. The molecule has 0 aromatic carbocycles. The topological polar surface area (TPSA) is 27.7 Å². The molecule has 0 bridgehead atoms. The van der Waals surface area contributed by atoms with Crippen molar-refractivity contribution in [3.8, 4) is 0 Å². The van der Waals surface area contributed by atoms with Gasteiger partial charge < -0.3 is 14.2 Å². The fraction of sp³-hybridized carbons (Fsp3) is 1.00. The number of ether oxygens (including phenoxy) is 3. The zero-order chi connectivity index (χ0) is 11.0. The summed E-state index contributed by atoms with van der Waals surface area (Å²) >= 11 is 0. The molecule has 1 atom stereocenters. The van der Waals surface area contributed by atoms with Crippen LogP contribution in [0.25, 0.3) is 0 Å². The van der Waals surface area contributed by atoms with Crippen LogP contribution in [-0.2, 0) is 14.2 Å². The molecule has 0 aliphatic carbocycles. The highest BCUT2D eigenvalue weighted by molar-refractivity contribution is 4.69. The Morgan fingerprint density at radius 1 is 1.43 bits per heavy atom. The van der Waals surface area contributed by atoms with Crippen molar-refractivity contribution in [2.45, 2.75) is 32.7 Å². The van der Waals surface area contributed by atoms with E-state index in [0.717, 1.165) is 0 Å². The first-order chi connectivity index (χ1) is 6.55. The average Bonchev–Trinajstić information content (AvgIpc) is 2.44. The van der Waals surface area contributed by atoms with Crippen LogP contribution >= 0.6 is 0 Å². The highest BCUT2D eigenvalue weighted by Crippen LogP contribution is 2.22. The summed E-state index contributed by atoms with van der Waals surface area (Å²) in [5.41, 5.74) is 0. The summed E-state index contributed by atoms with van der Waals surface area (Å²) in [6.45, 7) is 4.83. The Morgan fingerprint density at radius 2 is 2.00 bits per heavy atom. The van der Waals surface area contributed by atoms with Crippen LogP contribution in [0.5, 0.6) is 0 Å². The van der Waals surface area contributed by atoms with Crippen LogP contribution in [0.2, 0.25) is 0 Å². The molecule has 0 saturated carbocycles. The molecular weight excluding hydrogens is 194 g/mol. The van der Waals surface area contributed by atoms with Gasteiger partial charge in [-0.1, -0.05) is 0 Å². The molecule has 0 spiro atoms. The molecule has 14 heavy (non-hydrogen) atoms. The molecule has 1 aliphatic heterocycles. The van der Waals surface area contributed by atoms with Gasteiger partial charge in [0.25, 0.3) is 0 Å². The minimum Gasteiger partial charge on any atom is -0.348 e. The maximum absolute atomic E-state index is 11.5. The monoisotopic (exact) mass is 212 g/mol. The van der Waals surface area contributed by atoms with Crippen LogP contribution in [0, 0.1) is 0 Å². The van der Waals surface area contributed by atoms with Crippen LogP contribution < -0.4 is 0 Å². The first-order valence-electron chi connectivity index (χ1n) is 4.57. The second-order valence-electron chi connectivity index (χ2n) is 3.20. The van der Waals surface area contributed by atoms with Gasteiger partial charge in [0.05, 0.1) is 19.9 Å². The third-order valence-electron chi connectivity index (χ3n) is 1.45. The van der Waals surface area contributed by atoms with Gasteiger partial charge in [-0.25, -0.2) is 4.39 Å². The Labute approximate surface area is 83.3 Å². The highest BCUT2D eigenvalue weighted by atomic mass is 19.1. The summed E-state index contributed by atoms with van der Waals surface area (Å²) < 4.78 is 36.9. The van der Waals surface area contributed by atoms with Gasteiger partial charge in [-0.15, -0.1) is 0 Å². The van der Waals surface area contributed by atoms with Crippen molar-refractivity contribution in [2.24, 2.45) is 0 Å². The van der Waals surface area contributed by atoms with E-state index in [1.807, 2.05) is 13.8 Å². The lowest BCUT2D eigenvalue weighted by Crippen LogP contribution is -2.23. The normalized spacial score (nSPS) is 24.2. The van der Waals surface area contributed by atoms with E-state index < -0.39 is 12.6 Å². The van der Waals surface area contributed by atoms with Crippen molar-refractivity contribution in [2.75, 3.05) is 26.7 Å². The molecule has 3 nitrogen and oxygen atoms in total. The van der Waals surface area contributed by atoms with E-state index in [1.54, 1.807) is 0 Å². The van der Waals surface area contributed by atoms with Gasteiger partial charge in [0.1, 0.15) is 6.10 Å². The maximum atomic E-state index is 11.5. The zero-order valence-corrected chi connectivity index (χ0v) is 8.89. The Balaban J connectivity index is 0.000000500. The van der Waals surface area contributed by atoms with Crippen LogP contribution in [0.4, 0.5) is 8.78 Å². The van der Waals surface area contributed by atoms with Crippen LogP contribution in [-0.4, -0.2) is 38.6 Å². The van der Waals surface area contributed by atoms with E-state index in [-0.39, 0.29) is 19.4 Å². The first kappa shape index (κ1) is 13.7. The molecule has 0 aromatic rings. The molecule has 1 fully saturated rings. The number of hydrogen-bond acceptors (Lipinski definition) is 3. The largest absolute Gasteiger partial charge is 0.348 e. The van der Waals surface area contributed by atoms with Gasteiger partial charge in [0.15, 0.2) is 12.6 Å². The zero-order valence-electron chi connectivity index (χ0n) is 8.89. The standard InChI is InChI=1S/C7H13FO3.C2H5F/c1-7(2)10-4-6(11-7)3-9-5-8;1-2-3/h6H,3-5H2,1-2H3;2H2,1H3. The molecule has 0 amide bonds. The molecule has 1 heterocycles. The van der Waals surface area contributed by atoms with Crippen molar-refractivity contribution < 1.29 is 23.0 Å². The van der Waals surface area contributed by atoms with Gasteiger partial charge in [0.2, 0.25) is 0 Å². The van der Waals surface area contributed by atoms with Crippen molar-refractivity contribution in [3.05, 3.63) is 0 Å². The summed E-state index contributed by atoms with van der Waals surface area (Å²) in [5, 5.41) is 0. The van der Waals surface area contributed by atoms with Crippen LogP contribution in [0.3, 0.4) is 0 Å². The van der Waals surface area contributed by atoms with Crippen LogP contribution in [0.1, 0.15) is 20.8 Å². The quantitative estimate of drug-likeness (QED) is 0.716. The molecule has 1 rings (SSSR count). The second-order valence-corrected chi connectivity index (χ2v) is 3.20. The lowest BCUT2D eigenvalue weighted by atomic mass is 10.4. The predicted octanol–water partition coefficient (Wildman–Crippen LogP) is 2.06. The van der Waals surface area contributed by atoms with Gasteiger partial charge in [-0.2, -0.15) is 0 Å². The fourth-order valence-electron chi connectivity index (χ4n) is 1.02. The smallest absolute Gasteiger partial charge is 0.188 e. The number of rotatable bonds is 3. The lowest BCUT2D eigenvalue weighted by molar-refractivity contribution is -0.147. The Morgan fingerprint density at radius 3 is 2.36 bits per heavy atom. The lowest BCUT2D eigenvalue weighted by Gasteiger charge is -2.16. The maximum Gasteiger partial charge on any atom is 0.188 e. The highest BCUT2D eigenvalue weighted by Gasteiger charge is 2.32. The molecular formula is C9H18F2O3. The third-order valence-corrected chi connectivity index (χ3v) is 1.45. The van der Waals surface area contributed by atoms with Gasteiger partial charge in [-0.05, 0) is 20.8 Å². The second kappa shape index (κ2) is 7.09. The number of hydrogen-bond donors (Lipinski definition) is 0. The van der Waals surface area contributed by atoms with Crippen molar-refractivity contribution in [1.82, 2.24) is 0 Å². The Hall–Kier alpha value is -0.260. The molecule has 0 N–H and O–H groups in total. The predicted molar refractivity (Wildman–Crippen MR) is 48.5 cm³/mol. The van der Waals surface area contributed by atoms with E-state index in [2.05, 4.69) is 4.74 Å². The molecule has 0 aromatic heterocycles. The van der Waals surface area contributed by atoms with E-state index in [9.17, 15) is 8.78 Å². The average molecular weight is 212 g/mol. The number of halogens is 2. The molecule has 1 saturated heterocycles. The Kier molecular flexibility index (Phi) is 6.96.